The summed E-state index contributed by atoms with van der Waals surface area (Å²) >= 11 is 9.17. The van der Waals surface area contributed by atoms with E-state index in [9.17, 15) is 5.11 Å². The van der Waals surface area contributed by atoms with Gasteiger partial charge in [-0.25, -0.2) is 0 Å². The summed E-state index contributed by atoms with van der Waals surface area (Å²) in [7, 11) is 0. The summed E-state index contributed by atoms with van der Waals surface area (Å²) in [5.41, 5.74) is 0.958. The van der Waals surface area contributed by atoms with Gasteiger partial charge >= 0.3 is 0 Å². The van der Waals surface area contributed by atoms with Crippen molar-refractivity contribution in [2.24, 2.45) is 0 Å². The summed E-state index contributed by atoms with van der Waals surface area (Å²) in [6, 6.07) is 15.7. The van der Waals surface area contributed by atoms with E-state index >= 15 is 0 Å². The van der Waals surface area contributed by atoms with Crippen molar-refractivity contribution in [1.82, 2.24) is 0 Å². The highest BCUT2D eigenvalue weighted by atomic mass is 35.5. The minimum absolute atomic E-state index is 0.448. The summed E-state index contributed by atoms with van der Waals surface area (Å²) in [6.07, 6.45) is 1.60. The largest absolute Gasteiger partial charge is 0.388 e. The van der Waals surface area contributed by atoms with E-state index in [1.807, 2.05) is 54.8 Å². The van der Waals surface area contributed by atoms with E-state index < -0.39 is 6.10 Å². The van der Waals surface area contributed by atoms with Crippen LogP contribution in [0, 0.1) is 0 Å². The van der Waals surface area contributed by atoms with Crippen molar-refractivity contribution in [1.29, 1.82) is 0 Å². The van der Waals surface area contributed by atoms with Crippen LogP contribution in [0.15, 0.2) is 58.3 Å². The minimum Gasteiger partial charge on any atom is -0.388 e. The van der Waals surface area contributed by atoms with Crippen molar-refractivity contribution in [2.75, 3.05) is 12.0 Å². The highest BCUT2D eigenvalue weighted by molar-refractivity contribution is 7.99. The maximum absolute atomic E-state index is 10.1. The SMILES string of the molecule is CSc1ccc(C(O)CSc2ccc(Cl)cc2)cc1. The van der Waals surface area contributed by atoms with Crippen LogP contribution in [0.25, 0.3) is 0 Å². The van der Waals surface area contributed by atoms with Crippen LogP contribution in [0.4, 0.5) is 0 Å². The number of benzene rings is 2. The summed E-state index contributed by atoms with van der Waals surface area (Å²) in [6.45, 7) is 0. The highest BCUT2D eigenvalue weighted by Gasteiger charge is 2.08. The average molecular weight is 311 g/mol. The Labute approximate surface area is 127 Å². The van der Waals surface area contributed by atoms with Gasteiger partial charge in [0.2, 0.25) is 0 Å². The molecule has 1 N–H and O–H groups in total. The zero-order valence-electron chi connectivity index (χ0n) is 10.5. The third-order valence-corrected chi connectivity index (χ3v) is 4.81. The molecular formula is C15H15ClOS2. The number of thioether (sulfide) groups is 2. The van der Waals surface area contributed by atoms with E-state index in [1.54, 1.807) is 23.5 Å². The molecule has 2 aromatic rings. The lowest BCUT2D eigenvalue weighted by Crippen LogP contribution is -2.00. The Morgan fingerprint density at radius 2 is 1.58 bits per heavy atom. The van der Waals surface area contributed by atoms with Crippen LogP contribution in [0.2, 0.25) is 5.02 Å². The van der Waals surface area contributed by atoms with Crippen molar-refractivity contribution in [2.45, 2.75) is 15.9 Å². The van der Waals surface area contributed by atoms with Gasteiger partial charge in [-0.1, -0.05) is 23.7 Å². The van der Waals surface area contributed by atoms with Crippen LogP contribution in [0.3, 0.4) is 0 Å². The second kappa shape index (κ2) is 7.25. The lowest BCUT2D eigenvalue weighted by Gasteiger charge is -2.11. The van der Waals surface area contributed by atoms with Crippen LogP contribution in [-0.2, 0) is 0 Å². The molecule has 0 saturated carbocycles. The Balaban J connectivity index is 1.93. The fraction of sp³-hybridized carbons (Fsp3) is 0.200. The number of hydrogen-bond acceptors (Lipinski definition) is 3. The van der Waals surface area contributed by atoms with Crippen molar-refractivity contribution in [3.63, 3.8) is 0 Å². The maximum atomic E-state index is 10.1. The molecule has 0 aromatic heterocycles. The second-order valence-corrected chi connectivity index (χ2v) is 6.46. The van der Waals surface area contributed by atoms with E-state index in [1.165, 1.54) is 4.90 Å². The second-order valence-electron chi connectivity index (χ2n) is 4.05. The van der Waals surface area contributed by atoms with Gasteiger partial charge < -0.3 is 5.11 Å². The van der Waals surface area contributed by atoms with Gasteiger partial charge in [0.1, 0.15) is 0 Å². The molecule has 1 unspecified atom stereocenters. The number of halogens is 1. The highest BCUT2D eigenvalue weighted by Crippen LogP contribution is 2.26. The van der Waals surface area contributed by atoms with Crippen LogP contribution >= 0.6 is 35.1 Å². The number of aliphatic hydroxyl groups excluding tert-OH is 1. The fourth-order valence-electron chi connectivity index (χ4n) is 1.63. The van der Waals surface area contributed by atoms with E-state index in [0.29, 0.717) is 5.75 Å². The zero-order chi connectivity index (χ0) is 13.7. The van der Waals surface area contributed by atoms with Gasteiger partial charge in [0.05, 0.1) is 6.10 Å². The fourth-order valence-corrected chi connectivity index (χ4v) is 3.03. The topological polar surface area (TPSA) is 20.2 Å². The van der Waals surface area contributed by atoms with Crippen molar-refractivity contribution in [3.8, 4) is 0 Å². The molecule has 19 heavy (non-hydrogen) atoms. The first-order valence-corrected chi connectivity index (χ1v) is 8.48. The zero-order valence-corrected chi connectivity index (χ0v) is 12.9. The summed E-state index contributed by atoms with van der Waals surface area (Å²) in [4.78, 5) is 2.32. The first-order valence-electron chi connectivity index (χ1n) is 5.89. The van der Waals surface area contributed by atoms with Gasteiger partial charge in [-0.2, -0.15) is 0 Å². The molecule has 0 saturated heterocycles. The summed E-state index contributed by atoms with van der Waals surface area (Å²) < 4.78 is 0. The van der Waals surface area contributed by atoms with Crippen LogP contribution in [-0.4, -0.2) is 17.1 Å². The molecule has 0 heterocycles. The lowest BCUT2D eigenvalue weighted by atomic mass is 10.1. The third-order valence-electron chi connectivity index (χ3n) is 2.72. The minimum atomic E-state index is -0.448. The van der Waals surface area contributed by atoms with E-state index in [0.717, 1.165) is 15.5 Å². The van der Waals surface area contributed by atoms with Crippen molar-refractivity contribution in [3.05, 3.63) is 59.1 Å². The van der Waals surface area contributed by atoms with Gasteiger partial charge in [0, 0.05) is 20.6 Å². The lowest BCUT2D eigenvalue weighted by molar-refractivity contribution is 0.204. The van der Waals surface area contributed by atoms with Gasteiger partial charge in [-0.05, 0) is 48.2 Å². The third kappa shape index (κ3) is 4.46. The van der Waals surface area contributed by atoms with Gasteiger partial charge in [0.15, 0.2) is 0 Å². The summed E-state index contributed by atoms with van der Waals surface area (Å²) in [5, 5.41) is 10.9. The molecule has 0 fully saturated rings. The Kier molecular flexibility index (Phi) is 5.64. The number of rotatable bonds is 5. The molecule has 0 aliphatic heterocycles. The molecule has 0 spiro atoms. The molecule has 2 aromatic carbocycles. The smallest absolute Gasteiger partial charge is 0.0883 e. The molecular weight excluding hydrogens is 296 g/mol. The van der Waals surface area contributed by atoms with Gasteiger partial charge in [0.25, 0.3) is 0 Å². The Bertz CT molecular complexity index is 511. The number of aliphatic hydroxyl groups is 1. The van der Waals surface area contributed by atoms with E-state index in [4.69, 9.17) is 11.6 Å². The molecule has 0 amide bonds. The van der Waals surface area contributed by atoms with Crippen LogP contribution in [0.1, 0.15) is 11.7 Å². The maximum Gasteiger partial charge on any atom is 0.0883 e. The van der Waals surface area contributed by atoms with E-state index in [-0.39, 0.29) is 0 Å². The first-order chi connectivity index (χ1) is 9.19. The standard InChI is InChI=1S/C15H15ClOS2/c1-18-13-6-2-11(3-7-13)15(17)10-19-14-8-4-12(16)5-9-14/h2-9,15,17H,10H2,1H3. The molecule has 100 valence electrons. The molecule has 0 aliphatic carbocycles. The first kappa shape index (κ1) is 14.8. The quantitative estimate of drug-likeness (QED) is 0.794. The van der Waals surface area contributed by atoms with Crippen molar-refractivity contribution >= 4 is 35.1 Å². The monoisotopic (exact) mass is 310 g/mol. The average Bonchev–Trinajstić information content (AvgIpc) is 2.46. The molecule has 2 rings (SSSR count). The number of hydrogen-bond donors (Lipinski definition) is 1. The molecule has 1 atom stereocenters. The van der Waals surface area contributed by atoms with Gasteiger partial charge in [-0.15, -0.1) is 23.5 Å². The van der Waals surface area contributed by atoms with Gasteiger partial charge in [-0.3, -0.25) is 0 Å². The van der Waals surface area contributed by atoms with E-state index in [2.05, 4.69) is 0 Å². The van der Waals surface area contributed by atoms with Crippen LogP contribution in [0.5, 0.6) is 0 Å². The molecule has 0 radical (unpaired) electrons. The molecule has 0 bridgehead atoms. The normalized spacial score (nSPS) is 12.4. The van der Waals surface area contributed by atoms with Crippen molar-refractivity contribution < 1.29 is 5.11 Å². The summed E-state index contributed by atoms with van der Waals surface area (Å²) in [5.74, 6) is 0.639. The Morgan fingerprint density at radius 3 is 2.16 bits per heavy atom. The predicted molar refractivity (Wildman–Crippen MR) is 85.4 cm³/mol. The molecule has 0 aliphatic rings. The molecule has 1 nitrogen and oxygen atoms in total. The Morgan fingerprint density at radius 1 is 1.00 bits per heavy atom. The predicted octanol–water partition coefficient (Wildman–Crippen LogP) is 4.89. The molecule has 4 heteroatoms. The van der Waals surface area contributed by atoms with Crippen LogP contribution < -0.4 is 0 Å². The Hall–Kier alpha value is -0.610.